The van der Waals surface area contributed by atoms with Crippen molar-refractivity contribution in [2.24, 2.45) is 0 Å². The van der Waals surface area contributed by atoms with E-state index in [0.29, 0.717) is 44.8 Å². The van der Waals surface area contributed by atoms with Gasteiger partial charge < -0.3 is 20.1 Å². The van der Waals surface area contributed by atoms with Crippen LogP contribution < -0.4 is 20.1 Å². The van der Waals surface area contributed by atoms with Gasteiger partial charge in [0.05, 0.1) is 0 Å². The summed E-state index contributed by atoms with van der Waals surface area (Å²) in [5.74, 6) is 0.646. The van der Waals surface area contributed by atoms with Crippen molar-refractivity contribution in [3.63, 3.8) is 0 Å². The molecule has 0 saturated carbocycles. The standard InChI is InChI=1S/C24H27N3O5/c1-2-11-24(18-6-4-3-5-7-18)22(29)27(23(30)26-24)16-21(28)25-12-10-17-8-9-19-20(15-17)32-14-13-31-19/h3-9,15H,2,10-14,16H2,1H3,(H,25,28)(H,26,30). The lowest BCUT2D eigenvalue weighted by atomic mass is 9.85. The van der Waals surface area contributed by atoms with Gasteiger partial charge in [-0.3, -0.25) is 14.5 Å². The molecule has 0 radical (unpaired) electrons. The predicted octanol–water partition coefficient (Wildman–Crippen LogP) is 2.36. The van der Waals surface area contributed by atoms with Crippen molar-refractivity contribution in [3.8, 4) is 11.5 Å². The second kappa shape index (κ2) is 9.30. The molecule has 0 aliphatic carbocycles. The fourth-order valence-corrected chi connectivity index (χ4v) is 4.17. The molecule has 1 unspecified atom stereocenters. The number of amides is 4. The van der Waals surface area contributed by atoms with Crippen molar-refractivity contribution < 1.29 is 23.9 Å². The van der Waals surface area contributed by atoms with Crippen LogP contribution in [0.25, 0.3) is 0 Å². The first-order valence-corrected chi connectivity index (χ1v) is 10.9. The molecule has 2 aromatic carbocycles. The molecule has 2 heterocycles. The largest absolute Gasteiger partial charge is 0.486 e. The van der Waals surface area contributed by atoms with Crippen molar-refractivity contribution in [2.75, 3.05) is 26.3 Å². The predicted molar refractivity (Wildman–Crippen MR) is 117 cm³/mol. The van der Waals surface area contributed by atoms with E-state index in [4.69, 9.17) is 9.47 Å². The molecule has 1 atom stereocenters. The number of hydrogen-bond donors (Lipinski definition) is 2. The summed E-state index contributed by atoms with van der Waals surface area (Å²) in [6, 6.07) is 14.3. The second-order valence-corrected chi connectivity index (χ2v) is 7.92. The van der Waals surface area contributed by atoms with Crippen LogP contribution in [0.5, 0.6) is 11.5 Å². The lowest BCUT2D eigenvalue weighted by Crippen LogP contribution is -2.45. The highest BCUT2D eigenvalue weighted by Gasteiger charge is 2.52. The zero-order valence-corrected chi connectivity index (χ0v) is 18.1. The van der Waals surface area contributed by atoms with E-state index in [0.717, 1.165) is 21.8 Å². The van der Waals surface area contributed by atoms with Gasteiger partial charge in [0, 0.05) is 6.54 Å². The first-order valence-electron chi connectivity index (χ1n) is 10.9. The van der Waals surface area contributed by atoms with E-state index in [1.54, 1.807) is 0 Å². The van der Waals surface area contributed by atoms with E-state index < -0.39 is 17.5 Å². The molecule has 8 nitrogen and oxygen atoms in total. The summed E-state index contributed by atoms with van der Waals surface area (Å²) in [5, 5.41) is 5.63. The summed E-state index contributed by atoms with van der Waals surface area (Å²) >= 11 is 0. The molecule has 32 heavy (non-hydrogen) atoms. The van der Waals surface area contributed by atoms with Gasteiger partial charge in [0.2, 0.25) is 5.91 Å². The van der Waals surface area contributed by atoms with Crippen molar-refractivity contribution in [2.45, 2.75) is 31.7 Å². The molecule has 1 fully saturated rings. The molecule has 0 bridgehead atoms. The SMILES string of the molecule is CCCC1(c2ccccc2)NC(=O)N(CC(=O)NCCc2ccc3c(c2)OCCO3)C1=O. The van der Waals surface area contributed by atoms with Crippen molar-refractivity contribution in [1.82, 2.24) is 15.5 Å². The van der Waals surface area contributed by atoms with Crippen LogP contribution in [0.1, 0.15) is 30.9 Å². The van der Waals surface area contributed by atoms with Crippen LogP contribution in [0.2, 0.25) is 0 Å². The van der Waals surface area contributed by atoms with Crippen LogP contribution in [0, 0.1) is 0 Å². The summed E-state index contributed by atoms with van der Waals surface area (Å²) in [5.41, 5.74) is 0.593. The smallest absolute Gasteiger partial charge is 0.325 e. The third kappa shape index (κ3) is 4.26. The maximum absolute atomic E-state index is 13.2. The zero-order chi connectivity index (χ0) is 22.6. The van der Waals surface area contributed by atoms with Crippen molar-refractivity contribution >= 4 is 17.8 Å². The Morgan fingerprint density at radius 3 is 2.59 bits per heavy atom. The molecule has 2 aliphatic heterocycles. The van der Waals surface area contributed by atoms with E-state index in [2.05, 4.69) is 10.6 Å². The molecular weight excluding hydrogens is 410 g/mol. The van der Waals surface area contributed by atoms with E-state index >= 15 is 0 Å². The van der Waals surface area contributed by atoms with Crippen LogP contribution in [0.4, 0.5) is 4.79 Å². The Hall–Kier alpha value is -3.55. The van der Waals surface area contributed by atoms with Gasteiger partial charge in [-0.25, -0.2) is 4.79 Å². The van der Waals surface area contributed by atoms with Gasteiger partial charge in [-0.1, -0.05) is 49.7 Å². The molecule has 2 aliphatic rings. The highest BCUT2D eigenvalue weighted by atomic mass is 16.6. The first-order chi connectivity index (χ1) is 15.5. The van der Waals surface area contributed by atoms with E-state index in [1.165, 1.54) is 0 Å². The quantitative estimate of drug-likeness (QED) is 0.618. The molecule has 8 heteroatoms. The fourth-order valence-electron chi connectivity index (χ4n) is 4.17. The molecule has 2 aromatic rings. The molecule has 0 spiro atoms. The highest BCUT2D eigenvalue weighted by molar-refractivity contribution is 6.09. The van der Waals surface area contributed by atoms with Gasteiger partial charge in [0.15, 0.2) is 11.5 Å². The normalized spacial score (nSPS) is 19.6. The summed E-state index contributed by atoms with van der Waals surface area (Å²) < 4.78 is 11.1. The van der Waals surface area contributed by atoms with Gasteiger partial charge in [-0.2, -0.15) is 0 Å². The van der Waals surface area contributed by atoms with Crippen molar-refractivity contribution in [3.05, 3.63) is 59.7 Å². The zero-order valence-electron chi connectivity index (χ0n) is 18.1. The highest BCUT2D eigenvalue weighted by Crippen LogP contribution is 2.33. The average Bonchev–Trinajstić information content (AvgIpc) is 3.05. The van der Waals surface area contributed by atoms with E-state index in [-0.39, 0.29) is 12.5 Å². The number of carbonyl (C=O) groups excluding carboxylic acids is 3. The average molecular weight is 437 g/mol. The molecular formula is C24H27N3O5. The maximum Gasteiger partial charge on any atom is 0.325 e. The molecule has 168 valence electrons. The second-order valence-electron chi connectivity index (χ2n) is 7.92. The third-order valence-electron chi connectivity index (χ3n) is 5.71. The third-order valence-corrected chi connectivity index (χ3v) is 5.71. The minimum absolute atomic E-state index is 0.315. The maximum atomic E-state index is 13.2. The van der Waals surface area contributed by atoms with E-state index in [1.807, 2.05) is 55.5 Å². The van der Waals surface area contributed by atoms with Gasteiger partial charge in [-0.05, 0) is 36.1 Å². The fraction of sp³-hybridized carbons (Fsp3) is 0.375. The summed E-state index contributed by atoms with van der Waals surface area (Å²) in [6.45, 7) is 3.07. The minimum atomic E-state index is -1.13. The Labute approximate surface area is 186 Å². The van der Waals surface area contributed by atoms with Crippen LogP contribution in [0.15, 0.2) is 48.5 Å². The Bertz CT molecular complexity index is 1010. The molecule has 1 saturated heterocycles. The van der Waals surface area contributed by atoms with Crippen LogP contribution in [-0.2, 0) is 21.5 Å². The lowest BCUT2D eigenvalue weighted by Gasteiger charge is -2.26. The summed E-state index contributed by atoms with van der Waals surface area (Å²) in [6.07, 6.45) is 1.76. The van der Waals surface area contributed by atoms with Gasteiger partial charge in [0.25, 0.3) is 5.91 Å². The number of rotatable bonds is 8. The number of nitrogens with zero attached hydrogens (tertiary/aromatic N) is 1. The number of nitrogens with one attached hydrogen (secondary N) is 2. The molecule has 4 rings (SSSR count). The minimum Gasteiger partial charge on any atom is -0.486 e. The summed E-state index contributed by atoms with van der Waals surface area (Å²) in [4.78, 5) is 39.3. The first kappa shape index (κ1) is 21.7. The number of ether oxygens (including phenoxy) is 2. The number of imide groups is 1. The number of benzene rings is 2. The van der Waals surface area contributed by atoms with E-state index in [9.17, 15) is 14.4 Å². The van der Waals surface area contributed by atoms with Gasteiger partial charge >= 0.3 is 6.03 Å². The number of urea groups is 1. The number of carbonyl (C=O) groups is 3. The lowest BCUT2D eigenvalue weighted by molar-refractivity contribution is -0.135. The molecule has 0 aromatic heterocycles. The van der Waals surface area contributed by atoms with Gasteiger partial charge in [-0.15, -0.1) is 0 Å². The Balaban J connectivity index is 1.36. The number of hydrogen-bond acceptors (Lipinski definition) is 5. The molecule has 4 amide bonds. The summed E-state index contributed by atoms with van der Waals surface area (Å²) in [7, 11) is 0. The van der Waals surface area contributed by atoms with Gasteiger partial charge in [0.1, 0.15) is 25.3 Å². The topological polar surface area (TPSA) is 97.0 Å². The van der Waals surface area contributed by atoms with Crippen LogP contribution in [-0.4, -0.2) is 49.0 Å². The molecule has 2 N–H and O–H groups in total. The Morgan fingerprint density at radius 2 is 1.84 bits per heavy atom. The monoisotopic (exact) mass is 437 g/mol. The van der Waals surface area contributed by atoms with Crippen LogP contribution in [0.3, 0.4) is 0 Å². The Kier molecular flexibility index (Phi) is 6.30. The Morgan fingerprint density at radius 1 is 1.09 bits per heavy atom. The van der Waals surface area contributed by atoms with Crippen molar-refractivity contribution in [1.29, 1.82) is 0 Å². The number of fused-ring (bicyclic) bond motifs is 1. The van der Waals surface area contributed by atoms with Crippen LogP contribution >= 0.6 is 0 Å².